The number of benzene rings is 1. The van der Waals surface area contributed by atoms with E-state index in [2.05, 4.69) is 5.32 Å². The van der Waals surface area contributed by atoms with Gasteiger partial charge in [-0.15, -0.1) is 0 Å². The van der Waals surface area contributed by atoms with Crippen molar-refractivity contribution < 1.29 is 9.90 Å². The summed E-state index contributed by atoms with van der Waals surface area (Å²) < 4.78 is 0. The van der Waals surface area contributed by atoms with Gasteiger partial charge in [0.1, 0.15) is 0 Å². The Kier molecular flexibility index (Phi) is 4.59. The quantitative estimate of drug-likeness (QED) is 0.887. The van der Waals surface area contributed by atoms with E-state index in [1.54, 1.807) is 33.0 Å². The normalized spacial score (nSPS) is 11.2. The van der Waals surface area contributed by atoms with Crippen LogP contribution in [-0.2, 0) is 0 Å². The molecule has 0 radical (unpaired) electrons. The number of aliphatic hydroxyl groups is 1. The number of aryl methyl sites for hydroxylation is 1. The third kappa shape index (κ3) is 4.55. The summed E-state index contributed by atoms with van der Waals surface area (Å²) in [4.78, 5) is 13.3. The summed E-state index contributed by atoms with van der Waals surface area (Å²) in [7, 11) is 1.62. The number of hydrogen-bond acceptors (Lipinski definition) is 2. The van der Waals surface area contributed by atoms with E-state index in [0.29, 0.717) is 10.7 Å². The van der Waals surface area contributed by atoms with Gasteiger partial charge >= 0.3 is 6.03 Å². The molecule has 18 heavy (non-hydrogen) atoms. The highest BCUT2D eigenvalue weighted by Gasteiger charge is 2.19. The van der Waals surface area contributed by atoms with Crippen LogP contribution in [0, 0.1) is 6.92 Å². The molecule has 0 bridgehead atoms. The first-order chi connectivity index (χ1) is 8.19. The Hall–Kier alpha value is -1.26. The standard InChI is InChI=1S/C13H19ClN2O2/c1-9-5-6-11(10(14)7-9)15-12(17)16(4)8-13(2,3)18/h5-7,18H,8H2,1-4H3,(H,15,17). The molecule has 0 atom stereocenters. The van der Waals surface area contributed by atoms with E-state index >= 15 is 0 Å². The van der Waals surface area contributed by atoms with E-state index in [9.17, 15) is 9.90 Å². The van der Waals surface area contributed by atoms with Gasteiger partial charge in [0.05, 0.1) is 22.9 Å². The number of rotatable bonds is 3. The highest BCUT2D eigenvalue weighted by atomic mass is 35.5. The summed E-state index contributed by atoms with van der Waals surface area (Å²) >= 11 is 6.03. The summed E-state index contributed by atoms with van der Waals surface area (Å²) in [5.41, 5.74) is 0.668. The lowest BCUT2D eigenvalue weighted by atomic mass is 10.1. The number of carbonyl (C=O) groups is 1. The number of urea groups is 1. The molecule has 0 spiro atoms. The molecule has 5 heteroatoms. The molecule has 2 N–H and O–H groups in total. The summed E-state index contributed by atoms with van der Waals surface area (Å²) in [6, 6.07) is 5.11. The average Bonchev–Trinajstić information content (AvgIpc) is 2.19. The Balaban J connectivity index is 2.70. The maximum Gasteiger partial charge on any atom is 0.321 e. The fourth-order valence-corrected chi connectivity index (χ4v) is 1.87. The maximum atomic E-state index is 11.9. The molecular formula is C13H19ClN2O2. The second kappa shape index (κ2) is 5.59. The van der Waals surface area contributed by atoms with Gasteiger partial charge in [-0.3, -0.25) is 0 Å². The number of halogens is 1. The van der Waals surface area contributed by atoms with Crippen molar-refractivity contribution in [1.82, 2.24) is 4.90 Å². The Bertz CT molecular complexity index is 441. The van der Waals surface area contributed by atoms with Gasteiger partial charge in [0.25, 0.3) is 0 Å². The van der Waals surface area contributed by atoms with Crippen LogP contribution < -0.4 is 5.32 Å². The number of hydrogen-bond donors (Lipinski definition) is 2. The van der Waals surface area contributed by atoms with Gasteiger partial charge in [-0.1, -0.05) is 17.7 Å². The van der Waals surface area contributed by atoms with Crippen molar-refractivity contribution in [3.63, 3.8) is 0 Å². The Morgan fingerprint density at radius 1 is 1.50 bits per heavy atom. The van der Waals surface area contributed by atoms with Crippen LogP contribution in [0.1, 0.15) is 19.4 Å². The number of anilines is 1. The van der Waals surface area contributed by atoms with Gasteiger partial charge in [-0.05, 0) is 38.5 Å². The Morgan fingerprint density at radius 2 is 2.11 bits per heavy atom. The third-order valence-electron chi connectivity index (χ3n) is 2.34. The molecule has 0 saturated carbocycles. The Morgan fingerprint density at radius 3 is 2.61 bits per heavy atom. The summed E-state index contributed by atoms with van der Waals surface area (Å²) in [6.07, 6.45) is 0. The number of likely N-dealkylation sites (N-methyl/N-ethyl adjacent to an activating group) is 1. The van der Waals surface area contributed by atoms with E-state index in [4.69, 9.17) is 11.6 Å². The maximum absolute atomic E-state index is 11.9. The summed E-state index contributed by atoms with van der Waals surface area (Å²) in [6.45, 7) is 5.46. The van der Waals surface area contributed by atoms with Gasteiger partial charge in [0.15, 0.2) is 0 Å². The van der Waals surface area contributed by atoms with Gasteiger partial charge < -0.3 is 15.3 Å². The molecule has 1 aromatic carbocycles. The van der Waals surface area contributed by atoms with Crippen molar-refractivity contribution in [2.24, 2.45) is 0 Å². The topological polar surface area (TPSA) is 52.6 Å². The van der Waals surface area contributed by atoms with E-state index < -0.39 is 5.60 Å². The predicted molar refractivity (Wildman–Crippen MR) is 74.1 cm³/mol. The van der Waals surface area contributed by atoms with E-state index in [1.165, 1.54) is 4.90 Å². The van der Waals surface area contributed by atoms with Gasteiger partial charge in [-0.25, -0.2) is 4.79 Å². The molecule has 0 aliphatic heterocycles. The van der Waals surface area contributed by atoms with Gasteiger partial charge in [0.2, 0.25) is 0 Å². The van der Waals surface area contributed by atoms with Crippen LogP contribution in [-0.4, -0.2) is 35.2 Å². The first-order valence-corrected chi connectivity index (χ1v) is 6.07. The molecule has 0 aromatic heterocycles. The van der Waals surface area contributed by atoms with Crippen LogP contribution in [0.25, 0.3) is 0 Å². The minimum absolute atomic E-state index is 0.238. The molecule has 0 saturated heterocycles. The van der Waals surface area contributed by atoms with Gasteiger partial charge in [0, 0.05) is 7.05 Å². The predicted octanol–water partition coefficient (Wildman–Crippen LogP) is 2.88. The number of amides is 2. The second-order valence-electron chi connectivity index (χ2n) is 5.08. The lowest BCUT2D eigenvalue weighted by Crippen LogP contribution is -2.41. The molecule has 0 heterocycles. The van der Waals surface area contributed by atoms with Crippen molar-refractivity contribution in [3.8, 4) is 0 Å². The van der Waals surface area contributed by atoms with Crippen molar-refractivity contribution in [2.45, 2.75) is 26.4 Å². The van der Waals surface area contributed by atoms with Crippen molar-refractivity contribution >= 4 is 23.3 Å². The molecule has 1 aromatic rings. The fourth-order valence-electron chi connectivity index (χ4n) is 1.58. The zero-order chi connectivity index (χ0) is 13.9. The third-order valence-corrected chi connectivity index (χ3v) is 2.65. The van der Waals surface area contributed by atoms with E-state index in [0.717, 1.165) is 5.56 Å². The Labute approximate surface area is 113 Å². The summed E-state index contributed by atoms with van der Waals surface area (Å²) in [5, 5.41) is 12.8. The van der Waals surface area contributed by atoms with Crippen LogP contribution in [0.4, 0.5) is 10.5 Å². The van der Waals surface area contributed by atoms with Crippen molar-refractivity contribution in [1.29, 1.82) is 0 Å². The molecule has 0 aliphatic carbocycles. The molecule has 4 nitrogen and oxygen atoms in total. The highest BCUT2D eigenvalue weighted by molar-refractivity contribution is 6.33. The van der Waals surface area contributed by atoms with E-state index in [-0.39, 0.29) is 12.6 Å². The number of nitrogens with zero attached hydrogens (tertiary/aromatic N) is 1. The van der Waals surface area contributed by atoms with Crippen LogP contribution in [0.5, 0.6) is 0 Å². The summed E-state index contributed by atoms with van der Waals surface area (Å²) in [5.74, 6) is 0. The first kappa shape index (κ1) is 14.8. The molecule has 0 unspecified atom stereocenters. The minimum Gasteiger partial charge on any atom is -0.389 e. The number of nitrogens with one attached hydrogen (secondary N) is 1. The zero-order valence-electron chi connectivity index (χ0n) is 11.1. The smallest absolute Gasteiger partial charge is 0.321 e. The van der Waals surface area contributed by atoms with Crippen LogP contribution in [0.15, 0.2) is 18.2 Å². The van der Waals surface area contributed by atoms with E-state index in [1.807, 2.05) is 13.0 Å². The zero-order valence-corrected chi connectivity index (χ0v) is 11.9. The largest absolute Gasteiger partial charge is 0.389 e. The van der Waals surface area contributed by atoms with Crippen molar-refractivity contribution in [3.05, 3.63) is 28.8 Å². The minimum atomic E-state index is -0.927. The highest BCUT2D eigenvalue weighted by Crippen LogP contribution is 2.23. The van der Waals surface area contributed by atoms with Crippen LogP contribution >= 0.6 is 11.6 Å². The van der Waals surface area contributed by atoms with Gasteiger partial charge in [-0.2, -0.15) is 0 Å². The average molecular weight is 271 g/mol. The number of carbonyl (C=O) groups excluding carboxylic acids is 1. The van der Waals surface area contributed by atoms with Crippen LogP contribution in [0.3, 0.4) is 0 Å². The molecular weight excluding hydrogens is 252 g/mol. The van der Waals surface area contributed by atoms with Crippen LogP contribution in [0.2, 0.25) is 5.02 Å². The molecule has 2 amide bonds. The lowest BCUT2D eigenvalue weighted by molar-refractivity contribution is 0.0550. The molecule has 0 fully saturated rings. The first-order valence-electron chi connectivity index (χ1n) is 5.70. The molecule has 0 aliphatic rings. The lowest BCUT2D eigenvalue weighted by Gasteiger charge is -2.25. The molecule has 1 rings (SSSR count). The molecule has 100 valence electrons. The SMILES string of the molecule is Cc1ccc(NC(=O)N(C)CC(C)(C)O)c(Cl)c1. The van der Waals surface area contributed by atoms with Crippen molar-refractivity contribution in [2.75, 3.05) is 18.9 Å². The monoisotopic (exact) mass is 270 g/mol. The second-order valence-corrected chi connectivity index (χ2v) is 5.49. The fraction of sp³-hybridized carbons (Fsp3) is 0.462.